The van der Waals surface area contributed by atoms with Gasteiger partial charge in [0.1, 0.15) is 11.6 Å². The Kier molecular flexibility index (Phi) is 6.61. The molecule has 6 aromatic rings. The van der Waals surface area contributed by atoms with Crippen LogP contribution in [0.3, 0.4) is 0 Å². The van der Waals surface area contributed by atoms with Gasteiger partial charge in [-0.1, -0.05) is 121 Å². The summed E-state index contributed by atoms with van der Waals surface area (Å²) in [7, 11) is 0. The third kappa shape index (κ3) is 4.50. The number of halogens is 2. The molecule has 1 aromatic heterocycles. The van der Waals surface area contributed by atoms with Crippen molar-refractivity contribution in [3.63, 3.8) is 0 Å². The maximum absolute atomic E-state index is 16.2. The Labute approximate surface area is 229 Å². The van der Waals surface area contributed by atoms with Gasteiger partial charge in [0.25, 0.3) is 0 Å². The van der Waals surface area contributed by atoms with E-state index < -0.39 is 17.2 Å². The predicted octanol–water partition coefficient (Wildman–Crippen LogP) is 8.36. The minimum atomic E-state index is -0.969. The highest BCUT2D eigenvalue weighted by Crippen LogP contribution is 2.44. The lowest BCUT2D eigenvalue weighted by atomic mass is 9.88. The summed E-state index contributed by atoms with van der Waals surface area (Å²) in [5.41, 5.74) is 1.94. The third-order valence-electron chi connectivity index (χ3n) is 6.54. The standard InChI is InChI=1S/C34H20F2N4/c35-30-26(21-37)31(36)28(23-15-7-2-8-16-23)29(27(30)22-13-5-1-6-14-22)34-39-32(24-17-9-3-10-18-24)38-33(40-34)25-19-11-4-12-20-25/h1-20H. The molecule has 6 heteroatoms. The maximum Gasteiger partial charge on any atom is 0.165 e. The van der Waals surface area contributed by atoms with Crippen molar-refractivity contribution in [1.82, 2.24) is 15.0 Å². The van der Waals surface area contributed by atoms with E-state index in [-0.39, 0.29) is 22.5 Å². The van der Waals surface area contributed by atoms with Gasteiger partial charge in [0.15, 0.2) is 29.1 Å². The first-order valence-electron chi connectivity index (χ1n) is 12.6. The van der Waals surface area contributed by atoms with E-state index >= 15 is 8.78 Å². The van der Waals surface area contributed by atoms with E-state index in [1.54, 1.807) is 66.7 Å². The average molecular weight is 523 g/mol. The fourth-order valence-corrected chi connectivity index (χ4v) is 4.68. The maximum atomic E-state index is 16.2. The predicted molar refractivity (Wildman–Crippen MR) is 152 cm³/mol. The van der Waals surface area contributed by atoms with Crippen molar-refractivity contribution in [2.45, 2.75) is 0 Å². The third-order valence-corrected chi connectivity index (χ3v) is 6.54. The second-order valence-electron chi connectivity index (χ2n) is 9.01. The first-order valence-corrected chi connectivity index (χ1v) is 12.6. The van der Waals surface area contributed by atoms with Crippen molar-refractivity contribution in [2.24, 2.45) is 0 Å². The smallest absolute Gasteiger partial charge is 0.165 e. The number of benzene rings is 5. The van der Waals surface area contributed by atoms with Crippen LogP contribution in [0.5, 0.6) is 0 Å². The zero-order chi connectivity index (χ0) is 27.5. The summed E-state index contributed by atoms with van der Waals surface area (Å²) in [6, 6.07) is 37.9. The van der Waals surface area contributed by atoms with Crippen LogP contribution in [0.15, 0.2) is 121 Å². The fourth-order valence-electron chi connectivity index (χ4n) is 4.68. The van der Waals surface area contributed by atoms with Gasteiger partial charge in [0.2, 0.25) is 0 Å². The van der Waals surface area contributed by atoms with Crippen molar-refractivity contribution in [1.29, 1.82) is 5.26 Å². The lowest BCUT2D eigenvalue weighted by Crippen LogP contribution is -2.07. The highest BCUT2D eigenvalue weighted by atomic mass is 19.1. The van der Waals surface area contributed by atoms with Crippen LogP contribution >= 0.6 is 0 Å². The fraction of sp³-hybridized carbons (Fsp3) is 0. The van der Waals surface area contributed by atoms with Crippen LogP contribution in [-0.4, -0.2) is 15.0 Å². The molecule has 0 N–H and O–H groups in total. The molecule has 0 saturated heterocycles. The zero-order valence-corrected chi connectivity index (χ0v) is 21.1. The van der Waals surface area contributed by atoms with Gasteiger partial charge < -0.3 is 0 Å². The first kappa shape index (κ1) is 24.8. The Bertz CT molecular complexity index is 1730. The number of aromatic nitrogens is 3. The van der Waals surface area contributed by atoms with Gasteiger partial charge in [0.05, 0.1) is 0 Å². The second kappa shape index (κ2) is 10.7. The minimum Gasteiger partial charge on any atom is -0.208 e. The molecule has 1 heterocycles. The van der Waals surface area contributed by atoms with Crippen LogP contribution < -0.4 is 0 Å². The van der Waals surface area contributed by atoms with Gasteiger partial charge in [-0.15, -0.1) is 0 Å². The Balaban J connectivity index is 1.78. The summed E-state index contributed by atoms with van der Waals surface area (Å²) < 4.78 is 32.3. The van der Waals surface area contributed by atoms with E-state index in [9.17, 15) is 5.26 Å². The summed E-state index contributed by atoms with van der Waals surface area (Å²) in [4.78, 5) is 14.3. The molecule has 4 nitrogen and oxygen atoms in total. The SMILES string of the molecule is N#Cc1c(F)c(-c2ccccc2)c(-c2nc(-c3ccccc3)nc(-c3ccccc3)n2)c(-c2ccccc2)c1F. The topological polar surface area (TPSA) is 62.5 Å². The molecule has 0 aliphatic rings. The quantitative estimate of drug-likeness (QED) is 0.228. The molecule has 0 atom stereocenters. The normalized spacial score (nSPS) is 10.7. The van der Waals surface area contributed by atoms with Crippen molar-refractivity contribution < 1.29 is 8.78 Å². The summed E-state index contributed by atoms with van der Waals surface area (Å²) in [5, 5.41) is 9.82. The summed E-state index contributed by atoms with van der Waals surface area (Å²) in [6.07, 6.45) is 0. The molecule has 190 valence electrons. The van der Waals surface area contributed by atoms with E-state index in [1.165, 1.54) is 0 Å². The van der Waals surface area contributed by atoms with Gasteiger partial charge in [-0.2, -0.15) is 5.26 Å². The average Bonchev–Trinajstić information content (AvgIpc) is 3.02. The first-order chi connectivity index (χ1) is 19.7. The molecule has 5 aromatic carbocycles. The van der Waals surface area contributed by atoms with E-state index in [4.69, 9.17) is 15.0 Å². The Morgan fingerprint density at radius 2 is 0.750 bits per heavy atom. The lowest BCUT2D eigenvalue weighted by Gasteiger charge is -2.19. The Morgan fingerprint density at radius 3 is 1.10 bits per heavy atom. The molecule has 0 bridgehead atoms. The summed E-state index contributed by atoms with van der Waals surface area (Å²) in [6.45, 7) is 0. The van der Waals surface area contributed by atoms with E-state index in [0.717, 1.165) is 11.1 Å². The second-order valence-corrected chi connectivity index (χ2v) is 9.01. The minimum absolute atomic E-state index is 0.0432. The molecule has 0 fully saturated rings. The molecular formula is C34H20F2N4. The van der Waals surface area contributed by atoms with Crippen LogP contribution in [0.2, 0.25) is 0 Å². The number of nitrogens with zero attached hydrogens (tertiary/aromatic N) is 4. The lowest BCUT2D eigenvalue weighted by molar-refractivity contribution is 0.582. The van der Waals surface area contributed by atoms with Gasteiger partial charge >= 0.3 is 0 Å². The molecule has 0 amide bonds. The number of hydrogen-bond acceptors (Lipinski definition) is 4. The van der Waals surface area contributed by atoms with Gasteiger partial charge in [0, 0.05) is 27.8 Å². The number of nitriles is 1. The number of rotatable bonds is 5. The Morgan fingerprint density at radius 1 is 0.425 bits per heavy atom. The van der Waals surface area contributed by atoms with Crippen LogP contribution in [0, 0.1) is 23.0 Å². The highest BCUT2D eigenvalue weighted by molar-refractivity contribution is 5.94. The molecule has 0 radical (unpaired) electrons. The molecule has 0 spiro atoms. The van der Waals surface area contributed by atoms with E-state index in [2.05, 4.69) is 0 Å². The monoisotopic (exact) mass is 522 g/mol. The van der Waals surface area contributed by atoms with Crippen molar-refractivity contribution in [3.8, 4) is 62.5 Å². The van der Waals surface area contributed by atoms with Crippen LogP contribution in [0.25, 0.3) is 56.4 Å². The largest absolute Gasteiger partial charge is 0.208 e. The van der Waals surface area contributed by atoms with Crippen molar-refractivity contribution in [3.05, 3.63) is 139 Å². The van der Waals surface area contributed by atoms with Crippen LogP contribution in [-0.2, 0) is 0 Å². The molecule has 6 rings (SSSR count). The summed E-state index contributed by atoms with van der Waals surface area (Å²) >= 11 is 0. The molecule has 0 unspecified atom stereocenters. The number of hydrogen-bond donors (Lipinski definition) is 0. The molecule has 40 heavy (non-hydrogen) atoms. The van der Waals surface area contributed by atoms with Gasteiger partial charge in [-0.25, -0.2) is 23.7 Å². The summed E-state index contributed by atoms with van der Waals surface area (Å²) in [5.74, 6) is -1.14. The van der Waals surface area contributed by atoms with E-state index in [1.807, 2.05) is 60.7 Å². The molecular weight excluding hydrogens is 502 g/mol. The van der Waals surface area contributed by atoms with Crippen molar-refractivity contribution >= 4 is 0 Å². The molecule has 0 saturated carbocycles. The molecule has 0 aliphatic heterocycles. The van der Waals surface area contributed by atoms with Crippen LogP contribution in [0.1, 0.15) is 5.56 Å². The van der Waals surface area contributed by atoms with Crippen LogP contribution in [0.4, 0.5) is 8.78 Å². The van der Waals surface area contributed by atoms with E-state index in [0.29, 0.717) is 22.8 Å². The van der Waals surface area contributed by atoms with Crippen molar-refractivity contribution in [2.75, 3.05) is 0 Å². The highest BCUT2D eigenvalue weighted by Gasteiger charge is 2.29. The van der Waals surface area contributed by atoms with Gasteiger partial charge in [-0.05, 0) is 11.1 Å². The zero-order valence-electron chi connectivity index (χ0n) is 21.1. The van der Waals surface area contributed by atoms with Gasteiger partial charge in [-0.3, -0.25) is 0 Å². The Hall–Kier alpha value is -5.54. The molecule has 0 aliphatic carbocycles.